The van der Waals surface area contributed by atoms with Crippen LogP contribution in [0, 0.1) is 0 Å². The number of hydrogen-bond donors (Lipinski definition) is 1. The van der Waals surface area contributed by atoms with Crippen molar-refractivity contribution in [2.24, 2.45) is 0 Å². The SMILES string of the molecule is CCc1nc(-c2ccc(N3CCN(C(=O)Nc4ccc(OC)c(OC)c4)CC3)nc2)no1. The minimum absolute atomic E-state index is 0.149. The van der Waals surface area contributed by atoms with Crippen molar-refractivity contribution in [2.75, 3.05) is 50.6 Å². The Morgan fingerprint density at radius 3 is 2.50 bits per heavy atom. The summed E-state index contributed by atoms with van der Waals surface area (Å²) in [5.41, 5.74) is 1.46. The van der Waals surface area contributed by atoms with Gasteiger partial charge in [-0.25, -0.2) is 9.78 Å². The second-order valence-electron chi connectivity index (χ2n) is 7.24. The lowest BCUT2D eigenvalue weighted by Crippen LogP contribution is -2.50. The molecule has 3 heterocycles. The number of hydrogen-bond acceptors (Lipinski definition) is 8. The molecule has 3 aromatic rings. The maximum Gasteiger partial charge on any atom is 0.321 e. The van der Waals surface area contributed by atoms with Gasteiger partial charge in [0, 0.05) is 56.1 Å². The van der Waals surface area contributed by atoms with Gasteiger partial charge in [-0.05, 0) is 24.3 Å². The van der Waals surface area contributed by atoms with E-state index in [4.69, 9.17) is 14.0 Å². The number of carbonyl (C=O) groups is 1. The highest BCUT2D eigenvalue weighted by molar-refractivity contribution is 5.90. The Labute approximate surface area is 186 Å². The summed E-state index contributed by atoms with van der Waals surface area (Å²) < 4.78 is 15.7. The van der Waals surface area contributed by atoms with Gasteiger partial charge in [-0.1, -0.05) is 12.1 Å². The molecule has 0 spiro atoms. The van der Waals surface area contributed by atoms with E-state index in [-0.39, 0.29) is 6.03 Å². The molecule has 0 atom stereocenters. The number of amides is 2. The number of carbonyl (C=O) groups excluding carboxylic acids is 1. The van der Waals surface area contributed by atoms with Crippen LogP contribution in [0.25, 0.3) is 11.4 Å². The number of anilines is 2. The summed E-state index contributed by atoms with van der Waals surface area (Å²) in [7, 11) is 3.14. The van der Waals surface area contributed by atoms with Gasteiger partial charge in [0.1, 0.15) is 5.82 Å². The highest BCUT2D eigenvalue weighted by Crippen LogP contribution is 2.30. The number of aromatic nitrogens is 3. The van der Waals surface area contributed by atoms with Crippen LogP contribution in [0.2, 0.25) is 0 Å². The predicted octanol–water partition coefficient (Wildman–Crippen LogP) is 3.07. The van der Waals surface area contributed by atoms with Crippen molar-refractivity contribution in [2.45, 2.75) is 13.3 Å². The number of nitrogens with one attached hydrogen (secondary N) is 1. The zero-order valence-electron chi connectivity index (χ0n) is 18.4. The van der Waals surface area contributed by atoms with Crippen LogP contribution >= 0.6 is 0 Å². The summed E-state index contributed by atoms with van der Waals surface area (Å²) in [4.78, 5) is 25.5. The Balaban J connectivity index is 1.33. The normalized spacial score (nSPS) is 13.7. The van der Waals surface area contributed by atoms with Gasteiger partial charge in [0.2, 0.25) is 11.7 Å². The zero-order chi connectivity index (χ0) is 22.5. The van der Waals surface area contributed by atoms with Gasteiger partial charge in [-0.15, -0.1) is 0 Å². The van der Waals surface area contributed by atoms with Crippen LogP contribution < -0.4 is 19.7 Å². The molecule has 1 fully saturated rings. The van der Waals surface area contributed by atoms with Crippen molar-refractivity contribution in [3.8, 4) is 22.9 Å². The number of rotatable bonds is 6. The number of methoxy groups -OCH3 is 2. The number of benzene rings is 1. The van der Waals surface area contributed by atoms with Crippen LogP contribution in [-0.4, -0.2) is 66.5 Å². The first kappa shape index (κ1) is 21.4. The predicted molar refractivity (Wildman–Crippen MR) is 119 cm³/mol. The van der Waals surface area contributed by atoms with Gasteiger partial charge < -0.3 is 29.1 Å². The quantitative estimate of drug-likeness (QED) is 0.626. The van der Waals surface area contributed by atoms with Crippen molar-refractivity contribution in [3.63, 3.8) is 0 Å². The van der Waals surface area contributed by atoms with E-state index in [9.17, 15) is 4.79 Å². The van der Waals surface area contributed by atoms with Crippen LogP contribution in [0.5, 0.6) is 11.5 Å². The monoisotopic (exact) mass is 438 g/mol. The maximum absolute atomic E-state index is 12.7. The van der Waals surface area contributed by atoms with Crippen LogP contribution in [0.4, 0.5) is 16.3 Å². The Morgan fingerprint density at radius 2 is 1.88 bits per heavy atom. The Hall–Kier alpha value is -3.82. The van der Waals surface area contributed by atoms with E-state index < -0.39 is 0 Å². The van der Waals surface area contributed by atoms with Crippen molar-refractivity contribution in [3.05, 3.63) is 42.4 Å². The van der Waals surface area contributed by atoms with E-state index in [2.05, 4.69) is 25.3 Å². The molecule has 1 aromatic carbocycles. The van der Waals surface area contributed by atoms with E-state index in [1.165, 1.54) is 0 Å². The van der Waals surface area contributed by atoms with Crippen LogP contribution in [0.1, 0.15) is 12.8 Å². The number of piperazine rings is 1. The molecule has 10 heteroatoms. The Morgan fingerprint density at radius 1 is 1.09 bits per heavy atom. The number of pyridine rings is 1. The van der Waals surface area contributed by atoms with Crippen molar-refractivity contribution >= 4 is 17.5 Å². The molecule has 1 N–H and O–H groups in total. The van der Waals surface area contributed by atoms with Crippen LogP contribution in [0.3, 0.4) is 0 Å². The van der Waals surface area contributed by atoms with E-state index in [0.29, 0.717) is 61.5 Å². The fraction of sp³-hybridized carbons (Fsp3) is 0.364. The van der Waals surface area contributed by atoms with Crippen LogP contribution in [-0.2, 0) is 6.42 Å². The summed E-state index contributed by atoms with van der Waals surface area (Å²) in [6.07, 6.45) is 2.44. The zero-order valence-corrected chi connectivity index (χ0v) is 18.4. The first-order valence-electron chi connectivity index (χ1n) is 10.4. The fourth-order valence-electron chi connectivity index (χ4n) is 3.48. The molecule has 0 aliphatic carbocycles. The van der Waals surface area contributed by atoms with Gasteiger partial charge in [0.25, 0.3) is 0 Å². The number of nitrogens with zero attached hydrogens (tertiary/aromatic N) is 5. The minimum atomic E-state index is -0.149. The van der Waals surface area contributed by atoms with Gasteiger partial charge in [0.05, 0.1) is 14.2 Å². The molecule has 1 saturated heterocycles. The van der Waals surface area contributed by atoms with E-state index in [1.54, 1.807) is 43.5 Å². The minimum Gasteiger partial charge on any atom is -0.493 e. The molecule has 1 aliphatic heterocycles. The molecule has 4 rings (SSSR count). The average Bonchev–Trinajstić information content (AvgIpc) is 3.33. The molecule has 2 amide bonds. The smallest absolute Gasteiger partial charge is 0.321 e. The van der Waals surface area contributed by atoms with Gasteiger partial charge in [-0.3, -0.25) is 0 Å². The topological polar surface area (TPSA) is 106 Å². The number of ether oxygens (including phenoxy) is 2. The lowest BCUT2D eigenvalue weighted by atomic mass is 10.2. The second-order valence-corrected chi connectivity index (χ2v) is 7.24. The first-order valence-corrected chi connectivity index (χ1v) is 10.4. The molecule has 32 heavy (non-hydrogen) atoms. The standard InChI is InChI=1S/C22H26N6O4/c1-4-20-25-21(26-32-20)15-5-8-19(23-14-15)27-9-11-28(12-10-27)22(29)24-16-6-7-17(30-2)18(13-16)31-3/h5-8,13-14H,4,9-12H2,1-3H3,(H,24,29). The molecule has 1 aliphatic rings. The van der Waals surface area contributed by atoms with Crippen molar-refractivity contribution in [1.82, 2.24) is 20.0 Å². The van der Waals surface area contributed by atoms with Gasteiger partial charge >= 0.3 is 6.03 Å². The van der Waals surface area contributed by atoms with E-state index in [0.717, 1.165) is 11.4 Å². The third-order valence-electron chi connectivity index (χ3n) is 5.30. The van der Waals surface area contributed by atoms with Crippen molar-refractivity contribution < 1.29 is 18.8 Å². The highest BCUT2D eigenvalue weighted by atomic mass is 16.5. The molecule has 10 nitrogen and oxygen atoms in total. The lowest BCUT2D eigenvalue weighted by Gasteiger charge is -2.35. The summed E-state index contributed by atoms with van der Waals surface area (Å²) in [6, 6.07) is 9.02. The molecular weight excluding hydrogens is 412 g/mol. The summed E-state index contributed by atoms with van der Waals surface area (Å²) in [6.45, 7) is 4.52. The maximum atomic E-state index is 12.7. The third-order valence-corrected chi connectivity index (χ3v) is 5.30. The first-order chi connectivity index (χ1) is 15.6. The molecule has 0 bridgehead atoms. The average molecular weight is 438 g/mol. The molecule has 168 valence electrons. The highest BCUT2D eigenvalue weighted by Gasteiger charge is 2.22. The summed E-state index contributed by atoms with van der Waals surface area (Å²) in [5, 5.41) is 6.90. The number of urea groups is 1. The van der Waals surface area contributed by atoms with Gasteiger partial charge in [0.15, 0.2) is 11.5 Å². The van der Waals surface area contributed by atoms with Gasteiger partial charge in [-0.2, -0.15) is 4.98 Å². The summed E-state index contributed by atoms with van der Waals surface area (Å²) in [5.74, 6) is 3.18. The van der Waals surface area contributed by atoms with Crippen LogP contribution in [0.15, 0.2) is 41.1 Å². The largest absolute Gasteiger partial charge is 0.493 e. The third kappa shape index (κ3) is 4.58. The van der Waals surface area contributed by atoms with E-state index >= 15 is 0 Å². The fourth-order valence-corrected chi connectivity index (χ4v) is 3.48. The lowest BCUT2D eigenvalue weighted by molar-refractivity contribution is 0.208. The Kier molecular flexibility index (Phi) is 6.39. The molecule has 0 saturated carbocycles. The Bertz CT molecular complexity index is 1060. The number of aryl methyl sites for hydroxylation is 1. The molecular formula is C22H26N6O4. The van der Waals surface area contributed by atoms with Crippen molar-refractivity contribution in [1.29, 1.82) is 0 Å². The van der Waals surface area contributed by atoms with E-state index in [1.807, 2.05) is 19.1 Å². The summed E-state index contributed by atoms with van der Waals surface area (Å²) >= 11 is 0. The second kappa shape index (κ2) is 9.54. The molecule has 2 aromatic heterocycles. The molecule has 0 unspecified atom stereocenters. The molecule has 0 radical (unpaired) electrons.